The zero-order chi connectivity index (χ0) is 22.2. The van der Waals surface area contributed by atoms with E-state index in [2.05, 4.69) is 52.9 Å². The molecule has 1 aliphatic rings. The summed E-state index contributed by atoms with van der Waals surface area (Å²) in [5.41, 5.74) is 3.71. The van der Waals surface area contributed by atoms with E-state index in [0.717, 1.165) is 37.9 Å². The van der Waals surface area contributed by atoms with Crippen LogP contribution in [0.5, 0.6) is 0 Å². The van der Waals surface area contributed by atoms with Gasteiger partial charge in [-0.05, 0) is 69.5 Å². The predicted molar refractivity (Wildman–Crippen MR) is 132 cm³/mol. The Kier molecular flexibility index (Phi) is 9.30. The molecule has 1 aromatic carbocycles. The van der Waals surface area contributed by atoms with Crippen LogP contribution < -0.4 is 0 Å². The third-order valence-electron chi connectivity index (χ3n) is 6.93. The summed E-state index contributed by atoms with van der Waals surface area (Å²) in [4.78, 5) is 12.6. The maximum absolute atomic E-state index is 12.6. The second-order valence-electron chi connectivity index (χ2n) is 10.3. The van der Waals surface area contributed by atoms with E-state index in [-0.39, 0.29) is 10.8 Å². The van der Waals surface area contributed by atoms with Crippen molar-refractivity contribution in [1.29, 1.82) is 0 Å². The van der Waals surface area contributed by atoms with Crippen molar-refractivity contribution in [3.8, 4) is 0 Å². The van der Waals surface area contributed by atoms with Gasteiger partial charge in [0.05, 0.1) is 0 Å². The molecular formula is C27H42O2Si. The highest BCUT2D eigenvalue weighted by atomic mass is 28.4. The SMILES string of the molecule is CC(/C=C/CCCCO[Si](C)(C)C(C)(C)C)=C1/CCCC1CC(=O)c1ccccc1. The number of unbranched alkanes of at least 4 members (excludes halogenated alkanes) is 2. The van der Waals surface area contributed by atoms with E-state index in [0.29, 0.717) is 12.3 Å². The summed E-state index contributed by atoms with van der Waals surface area (Å²) in [5.74, 6) is 0.693. The minimum Gasteiger partial charge on any atom is -0.417 e. The van der Waals surface area contributed by atoms with E-state index in [9.17, 15) is 4.79 Å². The summed E-state index contributed by atoms with van der Waals surface area (Å²) in [6, 6.07) is 9.73. The average Bonchev–Trinajstić information content (AvgIpc) is 3.15. The first kappa shape index (κ1) is 24.8. The van der Waals surface area contributed by atoms with E-state index in [1.54, 1.807) is 0 Å². The molecule has 30 heavy (non-hydrogen) atoms. The molecule has 0 N–H and O–H groups in total. The maximum Gasteiger partial charge on any atom is 0.191 e. The Morgan fingerprint density at radius 3 is 2.53 bits per heavy atom. The van der Waals surface area contributed by atoms with Crippen molar-refractivity contribution in [3.63, 3.8) is 0 Å². The van der Waals surface area contributed by atoms with Crippen LogP contribution in [0, 0.1) is 5.92 Å². The van der Waals surface area contributed by atoms with E-state index in [1.807, 2.05) is 30.3 Å². The maximum atomic E-state index is 12.6. The van der Waals surface area contributed by atoms with Gasteiger partial charge in [-0.25, -0.2) is 0 Å². The van der Waals surface area contributed by atoms with Gasteiger partial charge in [0.1, 0.15) is 0 Å². The van der Waals surface area contributed by atoms with Crippen LogP contribution in [0.2, 0.25) is 18.1 Å². The molecule has 0 aliphatic heterocycles. The van der Waals surface area contributed by atoms with Crippen LogP contribution in [0.25, 0.3) is 0 Å². The summed E-state index contributed by atoms with van der Waals surface area (Å²) < 4.78 is 6.26. The molecule has 166 valence electrons. The van der Waals surface area contributed by atoms with Crippen molar-refractivity contribution < 1.29 is 9.22 Å². The van der Waals surface area contributed by atoms with Gasteiger partial charge < -0.3 is 4.43 Å². The predicted octanol–water partition coefficient (Wildman–Crippen LogP) is 8.12. The summed E-state index contributed by atoms with van der Waals surface area (Å²) in [5, 5.41) is 0.288. The highest BCUT2D eigenvalue weighted by Crippen LogP contribution is 2.37. The zero-order valence-corrected chi connectivity index (χ0v) is 21.1. The van der Waals surface area contributed by atoms with Gasteiger partial charge in [-0.1, -0.05) is 74.4 Å². The number of ketones is 1. The fourth-order valence-electron chi connectivity index (χ4n) is 3.90. The third-order valence-corrected chi connectivity index (χ3v) is 11.5. The Labute approximate surface area is 185 Å². The first-order valence-corrected chi connectivity index (χ1v) is 14.6. The fraction of sp³-hybridized carbons (Fsp3) is 0.593. The lowest BCUT2D eigenvalue weighted by atomic mass is 9.91. The molecule has 0 radical (unpaired) electrons. The Balaban J connectivity index is 1.78. The lowest BCUT2D eigenvalue weighted by Crippen LogP contribution is -2.40. The van der Waals surface area contributed by atoms with E-state index in [4.69, 9.17) is 4.43 Å². The topological polar surface area (TPSA) is 26.3 Å². The molecule has 0 bridgehead atoms. The Morgan fingerprint density at radius 2 is 1.87 bits per heavy atom. The normalized spacial score (nSPS) is 19.5. The van der Waals surface area contributed by atoms with Crippen molar-refractivity contribution in [2.45, 2.75) is 90.8 Å². The first-order valence-electron chi connectivity index (χ1n) is 11.7. The van der Waals surface area contributed by atoms with E-state index < -0.39 is 8.32 Å². The number of allylic oxidation sites excluding steroid dienone is 4. The molecule has 1 aliphatic carbocycles. The molecule has 0 heterocycles. The van der Waals surface area contributed by atoms with Gasteiger partial charge >= 0.3 is 0 Å². The molecule has 0 amide bonds. The number of Topliss-reactive ketones (excluding diaryl/α,β-unsaturated/α-hetero) is 1. The van der Waals surface area contributed by atoms with Crippen LogP contribution in [0.3, 0.4) is 0 Å². The smallest absolute Gasteiger partial charge is 0.191 e. The van der Waals surface area contributed by atoms with Gasteiger partial charge in [0, 0.05) is 18.6 Å². The molecule has 0 saturated heterocycles. The van der Waals surface area contributed by atoms with Gasteiger partial charge in [-0.2, -0.15) is 0 Å². The van der Waals surface area contributed by atoms with Crippen molar-refractivity contribution in [2.24, 2.45) is 5.92 Å². The second-order valence-corrected chi connectivity index (χ2v) is 15.1. The highest BCUT2D eigenvalue weighted by Gasteiger charge is 2.36. The lowest BCUT2D eigenvalue weighted by molar-refractivity contribution is 0.0968. The summed E-state index contributed by atoms with van der Waals surface area (Å²) in [6.45, 7) is 14.6. The highest BCUT2D eigenvalue weighted by molar-refractivity contribution is 6.74. The monoisotopic (exact) mass is 426 g/mol. The van der Waals surface area contributed by atoms with Gasteiger partial charge in [0.2, 0.25) is 0 Å². The fourth-order valence-corrected chi connectivity index (χ4v) is 4.99. The zero-order valence-electron chi connectivity index (χ0n) is 20.1. The molecular weight excluding hydrogens is 384 g/mol. The minimum atomic E-state index is -1.61. The van der Waals surface area contributed by atoms with Crippen LogP contribution in [-0.2, 0) is 4.43 Å². The summed E-state index contributed by atoms with van der Waals surface area (Å²) in [7, 11) is -1.61. The summed E-state index contributed by atoms with van der Waals surface area (Å²) >= 11 is 0. The largest absolute Gasteiger partial charge is 0.417 e. The van der Waals surface area contributed by atoms with Gasteiger partial charge in [-0.15, -0.1) is 0 Å². The van der Waals surface area contributed by atoms with Crippen LogP contribution >= 0.6 is 0 Å². The second kappa shape index (κ2) is 11.2. The quantitative estimate of drug-likeness (QED) is 0.214. The molecule has 1 saturated carbocycles. The number of rotatable bonds is 10. The molecule has 1 fully saturated rings. The lowest BCUT2D eigenvalue weighted by Gasteiger charge is -2.36. The Morgan fingerprint density at radius 1 is 1.17 bits per heavy atom. The number of hydrogen-bond acceptors (Lipinski definition) is 2. The minimum absolute atomic E-state index is 0.276. The molecule has 1 aromatic rings. The first-order chi connectivity index (χ1) is 14.1. The number of hydrogen-bond donors (Lipinski definition) is 0. The molecule has 0 aromatic heterocycles. The Hall–Kier alpha value is -1.45. The van der Waals surface area contributed by atoms with Crippen molar-refractivity contribution in [1.82, 2.24) is 0 Å². The van der Waals surface area contributed by atoms with Crippen LogP contribution in [0.1, 0.15) is 83.0 Å². The summed E-state index contributed by atoms with van der Waals surface area (Å²) in [6.07, 6.45) is 12.1. The molecule has 1 unspecified atom stereocenters. The number of benzene rings is 1. The van der Waals surface area contributed by atoms with Crippen LogP contribution in [-0.4, -0.2) is 20.7 Å². The standard InChI is InChI=1S/C27H42O2Si/c1-22(15-10-7-8-13-20-29-30(5,6)27(2,3)4)25-19-14-18-24(25)21-26(28)23-16-11-9-12-17-23/h9-12,15-17,24H,7-8,13-14,18-21H2,1-6H3/b15-10+,25-22+. The molecule has 3 heteroatoms. The third kappa shape index (κ3) is 7.35. The van der Waals surface area contributed by atoms with Gasteiger partial charge in [-0.3, -0.25) is 4.79 Å². The molecule has 2 nitrogen and oxygen atoms in total. The van der Waals surface area contributed by atoms with E-state index in [1.165, 1.54) is 24.0 Å². The Bertz CT molecular complexity index is 738. The van der Waals surface area contributed by atoms with Crippen molar-refractivity contribution >= 4 is 14.1 Å². The van der Waals surface area contributed by atoms with Crippen molar-refractivity contribution in [2.75, 3.05) is 6.61 Å². The number of carbonyl (C=O) groups excluding carboxylic acids is 1. The van der Waals surface area contributed by atoms with Crippen molar-refractivity contribution in [3.05, 3.63) is 59.2 Å². The molecule has 0 spiro atoms. The van der Waals surface area contributed by atoms with Gasteiger partial charge in [0.15, 0.2) is 14.1 Å². The van der Waals surface area contributed by atoms with Crippen LogP contribution in [0.4, 0.5) is 0 Å². The average molecular weight is 427 g/mol. The van der Waals surface area contributed by atoms with Gasteiger partial charge in [0.25, 0.3) is 0 Å². The molecule has 1 atom stereocenters. The van der Waals surface area contributed by atoms with E-state index >= 15 is 0 Å². The molecule has 2 rings (SSSR count). The van der Waals surface area contributed by atoms with Crippen LogP contribution in [0.15, 0.2) is 53.6 Å². The number of carbonyl (C=O) groups is 1.